The highest BCUT2D eigenvalue weighted by Crippen LogP contribution is 2.32. The lowest BCUT2D eigenvalue weighted by Gasteiger charge is -2.07. The molecule has 0 unspecified atom stereocenters. The van der Waals surface area contributed by atoms with Gasteiger partial charge in [0, 0.05) is 23.1 Å². The number of oxazole rings is 1. The first-order chi connectivity index (χ1) is 13.8. The lowest BCUT2D eigenvalue weighted by Crippen LogP contribution is -2.23. The summed E-state index contributed by atoms with van der Waals surface area (Å²) in [6.07, 6.45) is 1.63. The largest absolute Gasteiger partial charge is 0.432 e. The second-order valence-electron chi connectivity index (χ2n) is 6.63. The highest BCUT2D eigenvalue weighted by molar-refractivity contribution is 6.30. The summed E-state index contributed by atoms with van der Waals surface area (Å²) in [5.74, 6) is 0.0168. The van der Waals surface area contributed by atoms with E-state index >= 15 is 0 Å². The summed E-state index contributed by atoms with van der Waals surface area (Å²) < 4.78 is 21.3. The van der Waals surface area contributed by atoms with Crippen LogP contribution in [0.1, 0.15) is 17.0 Å². The van der Waals surface area contributed by atoms with Crippen LogP contribution in [0, 0.1) is 26.6 Å². The number of benzene rings is 1. The Morgan fingerprint density at radius 2 is 1.86 bits per heavy atom. The summed E-state index contributed by atoms with van der Waals surface area (Å²) in [5, 5.41) is -0.0135. The van der Waals surface area contributed by atoms with E-state index < -0.39 is 11.5 Å². The summed E-state index contributed by atoms with van der Waals surface area (Å²) >= 11 is 5.81. The van der Waals surface area contributed by atoms with Crippen molar-refractivity contribution in [1.29, 1.82) is 0 Å². The molecule has 0 spiro atoms. The molecule has 29 heavy (non-hydrogen) atoms. The molecule has 0 aliphatic carbocycles. The molecular formula is C21H16ClFN4O2. The first-order valence-electron chi connectivity index (χ1n) is 8.81. The van der Waals surface area contributed by atoms with Gasteiger partial charge in [0.05, 0.1) is 5.02 Å². The maximum Gasteiger partial charge on any atom is 0.353 e. The van der Waals surface area contributed by atoms with Crippen LogP contribution in [0.25, 0.3) is 28.7 Å². The van der Waals surface area contributed by atoms with Crippen LogP contribution in [0.2, 0.25) is 5.02 Å². The van der Waals surface area contributed by atoms with Crippen molar-refractivity contribution in [3.8, 4) is 28.7 Å². The summed E-state index contributed by atoms with van der Waals surface area (Å²) in [4.78, 5) is 25.5. The summed E-state index contributed by atoms with van der Waals surface area (Å²) in [6, 6.07) is 9.68. The molecule has 0 fully saturated rings. The standard InChI is InChI=1S/C21H16ClFN4O2/c1-11-10-27(21(28)25-13(11)3)19-18(14-7-8-15(22)16(23)9-14)29-20(26-19)17-6-4-5-12(2)24-17/h4-10H,1-3H3. The van der Waals surface area contributed by atoms with Crippen molar-refractivity contribution in [2.24, 2.45) is 0 Å². The Bertz CT molecular complexity index is 1300. The third-order valence-corrected chi connectivity index (χ3v) is 4.80. The fourth-order valence-electron chi connectivity index (χ4n) is 2.85. The van der Waals surface area contributed by atoms with Crippen molar-refractivity contribution in [2.45, 2.75) is 20.8 Å². The van der Waals surface area contributed by atoms with E-state index in [1.54, 1.807) is 25.3 Å². The topological polar surface area (TPSA) is 73.8 Å². The first kappa shape index (κ1) is 19.0. The normalized spacial score (nSPS) is 11.1. The summed E-state index contributed by atoms with van der Waals surface area (Å²) in [5.41, 5.74) is 2.58. The molecule has 0 N–H and O–H groups in total. The number of nitrogens with zero attached hydrogens (tertiary/aromatic N) is 4. The van der Waals surface area contributed by atoms with Gasteiger partial charge in [0.15, 0.2) is 11.6 Å². The molecule has 0 aliphatic rings. The number of aryl methyl sites for hydroxylation is 3. The highest BCUT2D eigenvalue weighted by atomic mass is 35.5. The van der Waals surface area contributed by atoms with E-state index in [2.05, 4.69) is 15.0 Å². The lowest BCUT2D eigenvalue weighted by molar-refractivity contribution is 0.582. The fraction of sp³-hybridized carbons (Fsp3) is 0.143. The summed E-state index contributed by atoms with van der Waals surface area (Å²) in [7, 11) is 0. The Morgan fingerprint density at radius 1 is 1.07 bits per heavy atom. The Hall–Kier alpha value is -3.32. The molecule has 6 nitrogen and oxygen atoms in total. The zero-order valence-corrected chi connectivity index (χ0v) is 16.7. The van der Waals surface area contributed by atoms with Gasteiger partial charge in [0.1, 0.15) is 11.5 Å². The molecule has 0 saturated heterocycles. The zero-order valence-electron chi connectivity index (χ0n) is 15.9. The molecule has 4 aromatic rings. The summed E-state index contributed by atoms with van der Waals surface area (Å²) in [6.45, 7) is 5.44. The van der Waals surface area contributed by atoms with Crippen molar-refractivity contribution in [2.75, 3.05) is 0 Å². The Kier molecular flexibility index (Phi) is 4.76. The third-order valence-electron chi connectivity index (χ3n) is 4.49. The van der Waals surface area contributed by atoms with Crippen LogP contribution in [0.3, 0.4) is 0 Å². The van der Waals surface area contributed by atoms with Crippen LogP contribution < -0.4 is 5.69 Å². The molecule has 146 valence electrons. The van der Waals surface area contributed by atoms with Crippen LogP contribution in [-0.4, -0.2) is 19.5 Å². The number of aromatic nitrogens is 4. The second-order valence-corrected chi connectivity index (χ2v) is 7.03. The number of pyridine rings is 1. The van der Waals surface area contributed by atoms with Gasteiger partial charge >= 0.3 is 5.69 Å². The number of hydrogen-bond acceptors (Lipinski definition) is 5. The number of rotatable bonds is 3. The van der Waals surface area contributed by atoms with Gasteiger partial charge < -0.3 is 4.42 Å². The van der Waals surface area contributed by atoms with E-state index in [1.165, 1.54) is 16.7 Å². The highest BCUT2D eigenvalue weighted by Gasteiger charge is 2.21. The van der Waals surface area contributed by atoms with Crippen LogP contribution >= 0.6 is 11.6 Å². The van der Waals surface area contributed by atoms with Gasteiger partial charge in [-0.05, 0) is 56.7 Å². The van der Waals surface area contributed by atoms with Crippen LogP contribution in [-0.2, 0) is 0 Å². The van der Waals surface area contributed by atoms with E-state index in [0.29, 0.717) is 17.0 Å². The van der Waals surface area contributed by atoms with Crippen molar-refractivity contribution < 1.29 is 8.81 Å². The molecule has 8 heteroatoms. The third kappa shape index (κ3) is 3.56. The van der Waals surface area contributed by atoms with E-state index in [0.717, 1.165) is 11.3 Å². The minimum absolute atomic E-state index is 0.0135. The molecule has 0 radical (unpaired) electrons. The Balaban J connectivity index is 1.99. The van der Waals surface area contributed by atoms with Gasteiger partial charge in [-0.2, -0.15) is 9.97 Å². The van der Waals surface area contributed by atoms with Gasteiger partial charge in [-0.3, -0.25) is 0 Å². The van der Waals surface area contributed by atoms with Gasteiger partial charge in [-0.25, -0.2) is 18.7 Å². The molecule has 0 bridgehead atoms. The average Bonchev–Trinajstić information content (AvgIpc) is 3.12. The minimum atomic E-state index is -0.604. The van der Waals surface area contributed by atoms with Crippen molar-refractivity contribution >= 4 is 11.6 Å². The Labute approximate surface area is 170 Å². The average molecular weight is 411 g/mol. The first-order valence-corrected chi connectivity index (χ1v) is 9.19. The second kappa shape index (κ2) is 7.25. The van der Waals surface area contributed by atoms with Gasteiger partial charge in [0.2, 0.25) is 5.89 Å². The van der Waals surface area contributed by atoms with Gasteiger partial charge in [-0.1, -0.05) is 17.7 Å². The molecule has 3 heterocycles. The minimum Gasteiger partial charge on any atom is -0.432 e. The molecule has 4 rings (SSSR count). The van der Waals surface area contributed by atoms with Crippen LogP contribution in [0.5, 0.6) is 0 Å². The molecule has 1 aromatic carbocycles. The molecular weight excluding hydrogens is 395 g/mol. The van der Waals surface area contributed by atoms with E-state index in [9.17, 15) is 9.18 Å². The van der Waals surface area contributed by atoms with E-state index in [4.69, 9.17) is 16.0 Å². The maximum atomic E-state index is 14.1. The maximum absolute atomic E-state index is 14.1. The van der Waals surface area contributed by atoms with E-state index in [1.807, 2.05) is 26.0 Å². The molecule has 0 saturated carbocycles. The number of hydrogen-bond donors (Lipinski definition) is 0. The van der Waals surface area contributed by atoms with Gasteiger partial charge in [0.25, 0.3) is 0 Å². The Morgan fingerprint density at radius 3 is 2.59 bits per heavy atom. The van der Waals surface area contributed by atoms with Crippen molar-refractivity contribution in [3.05, 3.63) is 80.9 Å². The molecule has 0 amide bonds. The lowest BCUT2D eigenvalue weighted by atomic mass is 10.1. The zero-order chi connectivity index (χ0) is 20.7. The van der Waals surface area contributed by atoms with Crippen LogP contribution in [0.4, 0.5) is 4.39 Å². The quantitative estimate of drug-likeness (QED) is 0.490. The van der Waals surface area contributed by atoms with E-state index in [-0.39, 0.29) is 22.5 Å². The van der Waals surface area contributed by atoms with Crippen molar-refractivity contribution in [3.63, 3.8) is 0 Å². The predicted molar refractivity (Wildman–Crippen MR) is 108 cm³/mol. The predicted octanol–water partition coefficient (Wildman–Crippen LogP) is 4.67. The molecule has 0 aliphatic heterocycles. The van der Waals surface area contributed by atoms with Crippen molar-refractivity contribution in [1.82, 2.24) is 19.5 Å². The fourth-order valence-corrected chi connectivity index (χ4v) is 2.97. The SMILES string of the molecule is Cc1cccc(-c2nc(-n3cc(C)c(C)nc3=O)c(-c3ccc(Cl)c(F)c3)o2)n1. The number of halogens is 2. The smallest absolute Gasteiger partial charge is 0.353 e. The molecule has 0 atom stereocenters. The van der Waals surface area contributed by atoms with Gasteiger partial charge in [-0.15, -0.1) is 0 Å². The molecule has 3 aromatic heterocycles. The monoisotopic (exact) mass is 410 g/mol. The van der Waals surface area contributed by atoms with Crippen LogP contribution in [0.15, 0.2) is 51.8 Å².